The Bertz CT molecular complexity index is 910. The minimum atomic E-state index is -4.23. The number of rotatable bonds is 9. The SMILES string of the molecule is CCCCCNC(=O)c1ccc(OS(=O)(=O)c2cccc([N+](=O)[O-])c2)cc1. The quantitative estimate of drug-likeness (QED) is 0.303. The first-order chi connectivity index (χ1) is 12.8. The normalized spacial score (nSPS) is 11.0. The van der Waals surface area contributed by atoms with Gasteiger partial charge in [-0.15, -0.1) is 0 Å². The predicted molar refractivity (Wildman–Crippen MR) is 99.2 cm³/mol. The van der Waals surface area contributed by atoms with Gasteiger partial charge in [-0.05, 0) is 36.8 Å². The number of hydrogen-bond acceptors (Lipinski definition) is 6. The van der Waals surface area contributed by atoms with Crippen LogP contribution in [0.15, 0.2) is 53.4 Å². The number of hydrogen-bond donors (Lipinski definition) is 1. The van der Waals surface area contributed by atoms with Gasteiger partial charge in [-0.1, -0.05) is 25.8 Å². The van der Waals surface area contributed by atoms with Gasteiger partial charge in [0.2, 0.25) is 0 Å². The van der Waals surface area contributed by atoms with E-state index >= 15 is 0 Å². The zero-order chi connectivity index (χ0) is 19.9. The summed E-state index contributed by atoms with van der Waals surface area (Å²) in [6.45, 7) is 2.65. The van der Waals surface area contributed by atoms with Crippen molar-refractivity contribution < 1.29 is 22.3 Å². The maximum absolute atomic E-state index is 12.3. The zero-order valence-corrected chi connectivity index (χ0v) is 15.6. The molecule has 0 aromatic heterocycles. The highest BCUT2D eigenvalue weighted by molar-refractivity contribution is 7.87. The molecule has 2 rings (SSSR count). The first-order valence-corrected chi connectivity index (χ1v) is 9.81. The zero-order valence-electron chi connectivity index (χ0n) is 14.8. The van der Waals surface area contributed by atoms with E-state index in [0.717, 1.165) is 25.3 Å². The van der Waals surface area contributed by atoms with Crippen molar-refractivity contribution in [2.45, 2.75) is 31.1 Å². The van der Waals surface area contributed by atoms with Gasteiger partial charge < -0.3 is 9.50 Å². The van der Waals surface area contributed by atoms with Gasteiger partial charge in [0.15, 0.2) is 0 Å². The fourth-order valence-corrected chi connectivity index (χ4v) is 3.24. The number of benzene rings is 2. The van der Waals surface area contributed by atoms with E-state index in [4.69, 9.17) is 4.18 Å². The fraction of sp³-hybridized carbons (Fsp3) is 0.278. The number of nitrogens with one attached hydrogen (secondary N) is 1. The molecule has 144 valence electrons. The van der Waals surface area contributed by atoms with Crippen LogP contribution < -0.4 is 9.50 Å². The number of non-ortho nitro benzene ring substituents is 1. The minimum absolute atomic E-state index is 0.00374. The molecule has 1 amide bonds. The third-order valence-corrected chi connectivity index (χ3v) is 4.95. The Kier molecular flexibility index (Phi) is 6.89. The van der Waals surface area contributed by atoms with Gasteiger partial charge in [0.05, 0.1) is 4.92 Å². The van der Waals surface area contributed by atoms with Crippen LogP contribution in [0, 0.1) is 10.1 Å². The van der Waals surface area contributed by atoms with E-state index in [2.05, 4.69) is 12.2 Å². The second-order valence-electron chi connectivity index (χ2n) is 5.78. The number of nitrogens with zero attached hydrogens (tertiary/aromatic N) is 1. The van der Waals surface area contributed by atoms with Crippen LogP contribution in [0.1, 0.15) is 36.5 Å². The lowest BCUT2D eigenvalue weighted by molar-refractivity contribution is -0.385. The first-order valence-electron chi connectivity index (χ1n) is 8.40. The Morgan fingerprint density at radius 1 is 1.15 bits per heavy atom. The molecule has 0 aliphatic carbocycles. The number of amides is 1. The maximum atomic E-state index is 12.3. The summed E-state index contributed by atoms with van der Waals surface area (Å²) in [5, 5.41) is 13.6. The Balaban J connectivity index is 2.06. The molecule has 1 N–H and O–H groups in total. The van der Waals surface area contributed by atoms with Gasteiger partial charge >= 0.3 is 10.1 Å². The highest BCUT2D eigenvalue weighted by Gasteiger charge is 2.20. The van der Waals surface area contributed by atoms with Crippen LogP contribution in [0.5, 0.6) is 5.75 Å². The lowest BCUT2D eigenvalue weighted by Gasteiger charge is -2.08. The van der Waals surface area contributed by atoms with Gasteiger partial charge in [-0.25, -0.2) is 0 Å². The molecule has 0 atom stereocenters. The molecule has 0 unspecified atom stereocenters. The summed E-state index contributed by atoms with van der Waals surface area (Å²) in [5.74, 6) is -0.247. The van der Waals surface area contributed by atoms with E-state index in [-0.39, 0.29) is 22.2 Å². The Labute approximate surface area is 157 Å². The minimum Gasteiger partial charge on any atom is -0.379 e. The second-order valence-corrected chi connectivity index (χ2v) is 7.33. The van der Waals surface area contributed by atoms with Crippen LogP contribution in [0.4, 0.5) is 5.69 Å². The molecule has 0 bridgehead atoms. The maximum Gasteiger partial charge on any atom is 0.339 e. The lowest BCUT2D eigenvalue weighted by Crippen LogP contribution is -2.24. The summed E-state index contributed by atoms with van der Waals surface area (Å²) in [4.78, 5) is 21.8. The predicted octanol–water partition coefficient (Wildman–Crippen LogP) is 3.28. The van der Waals surface area contributed by atoms with Gasteiger partial charge in [0.1, 0.15) is 10.6 Å². The van der Waals surface area contributed by atoms with Crippen LogP contribution in [-0.2, 0) is 10.1 Å². The van der Waals surface area contributed by atoms with E-state index < -0.39 is 15.0 Å². The molecular weight excluding hydrogens is 372 g/mol. The van der Waals surface area contributed by atoms with Crippen molar-refractivity contribution in [2.24, 2.45) is 0 Å². The van der Waals surface area contributed by atoms with Gasteiger partial charge in [0, 0.05) is 24.2 Å². The molecule has 0 saturated heterocycles. The van der Waals surface area contributed by atoms with Gasteiger partial charge in [-0.3, -0.25) is 14.9 Å². The molecule has 0 fully saturated rings. The molecule has 8 nitrogen and oxygen atoms in total. The molecule has 0 saturated carbocycles. The van der Waals surface area contributed by atoms with Crippen LogP contribution in [0.25, 0.3) is 0 Å². The Hall–Kier alpha value is -2.94. The number of nitro groups is 1. The lowest BCUT2D eigenvalue weighted by atomic mass is 10.2. The summed E-state index contributed by atoms with van der Waals surface area (Å²) in [5.41, 5.74) is 0.0290. The average Bonchev–Trinajstić information content (AvgIpc) is 2.65. The van der Waals surface area contributed by atoms with E-state index in [1.165, 1.54) is 42.5 Å². The summed E-state index contributed by atoms with van der Waals surface area (Å²) >= 11 is 0. The molecule has 2 aromatic carbocycles. The molecule has 27 heavy (non-hydrogen) atoms. The van der Waals surface area contributed by atoms with Crippen molar-refractivity contribution >= 4 is 21.7 Å². The molecule has 0 spiro atoms. The molecule has 0 heterocycles. The highest BCUT2D eigenvalue weighted by atomic mass is 32.2. The average molecular weight is 392 g/mol. The number of carbonyl (C=O) groups excluding carboxylic acids is 1. The second kappa shape index (κ2) is 9.13. The molecular formula is C18H20N2O6S. The largest absolute Gasteiger partial charge is 0.379 e. The number of nitro benzene ring substituents is 1. The monoisotopic (exact) mass is 392 g/mol. The van der Waals surface area contributed by atoms with Crippen molar-refractivity contribution in [2.75, 3.05) is 6.54 Å². The Morgan fingerprint density at radius 2 is 1.85 bits per heavy atom. The van der Waals surface area contributed by atoms with Crippen molar-refractivity contribution in [1.29, 1.82) is 0 Å². The van der Waals surface area contributed by atoms with Crippen LogP contribution in [-0.4, -0.2) is 25.8 Å². The molecule has 2 aromatic rings. The summed E-state index contributed by atoms with van der Waals surface area (Å²) in [7, 11) is -4.23. The van der Waals surface area contributed by atoms with E-state index in [9.17, 15) is 23.3 Å². The summed E-state index contributed by atoms with van der Waals surface area (Å²) in [6.07, 6.45) is 2.98. The van der Waals surface area contributed by atoms with E-state index in [1.807, 2.05) is 0 Å². The third kappa shape index (κ3) is 5.78. The topological polar surface area (TPSA) is 116 Å². The molecule has 0 aliphatic heterocycles. The fourth-order valence-electron chi connectivity index (χ4n) is 2.27. The van der Waals surface area contributed by atoms with Crippen molar-refractivity contribution in [3.05, 3.63) is 64.2 Å². The van der Waals surface area contributed by atoms with Crippen molar-refractivity contribution in [3.63, 3.8) is 0 Å². The van der Waals surface area contributed by atoms with Crippen molar-refractivity contribution in [1.82, 2.24) is 5.32 Å². The van der Waals surface area contributed by atoms with Crippen LogP contribution in [0.2, 0.25) is 0 Å². The standard InChI is InChI=1S/C18H20N2O6S/c1-2-3-4-12-19-18(21)14-8-10-16(11-9-14)26-27(24,25)17-7-5-6-15(13-17)20(22)23/h5-11,13H,2-4,12H2,1H3,(H,19,21). The molecule has 0 radical (unpaired) electrons. The molecule has 9 heteroatoms. The highest BCUT2D eigenvalue weighted by Crippen LogP contribution is 2.22. The number of unbranched alkanes of at least 4 members (excludes halogenated alkanes) is 2. The molecule has 0 aliphatic rings. The summed E-state index contributed by atoms with van der Waals surface area (Å²) < 4.78 is 29.5. The van der Waals surface area contributed by atoms with Gasteiger partial charge in [0.25, 0.3) is 11.6 Å². The van der Waals surface area contributed by atoms with Crippen LogP contribution in [0.3, 0.4) is 0 Å². The van der Waals surface area contributed by atoms with Crippen molar-refractivity contribution in [3.8, 4) is 5.75 Å². The smallest absolute Gasteiger partial charge is 0.339 e. The van der Waals surface area contributed by atoms with Crippen LogP contribution >= 0.6 is 0 Å². The first kappa shape index (κ1) is 20.4. The van der Waals surface area contributed by atoms with Gasteiger partial charge in [-0.2, -0.15) is 8.42 Å². The Morgan fingerprint density at radius 3 is 2.48 bits per heavy atom. The third-order valence-electron chi connectivity index (χ3n) is 3.71. The summed E-state index contributed by atoms with van der Waals surface area (Å²) in [6, 6.07) is 10.2. The van der Waals surface area contributed by atoms with E-state index in [0.29, 0.717) is 12.1 Å². The van der Waals surface area contributed by atoms with E-state index in [1.54, 1.807) is 0 Å². The number of carbonyl (C=O) groups is 1.